The van der Waals surface area contributed by atoms with Crippen LogP contribution in [0.15, 0.2) is 36.4 Å². The quantitative estimate of drug-likeness (QED) is 0.475. The Morgan fingerprint density at radius 2 is 1.75 bits per heavy atom. The van der Waals surface area contributed by atoms with Crippen LogP contribution in [-0.2, 0) is 16.1 Å². The van der Waals surface area contributed by atoms with E-state index < -0.39 is 6.04 Å². The minimum atomic E-state index is -0.647. The van der Waals surface area contributed by atoms with Crippen molar-refractivity contribution in [3.63, 3.8) is 0 Å². The Morgan fingerprint density at radius 3 is 2.34 bits per heavy atom. The second-order valence-electron chi connectivity index (χ2n) is 8.03. The van der Waals surface area contributed by atoms with E-state index in [-0.39, 0.29) is 31.0 Å². The van der Waals surface area contributed by atoms with Gasteiger partial charge in [-0.05, 0) is 74.6 Å². The summed E-state index contributed by atoms with van der Waals surface area (Å²) in [6.07, 6.45) is 1.26. The van der Waals surface area contributed by atoms with Crippen molar-refractivity contribution in [3.8, 4) is 5.75 Å². The molecular formula is C25H32Cl2N2O3. The van der Waals surface area contributed by atoms with Crippen LogP contribution in [0, 0.1) is 13.8 Å². The molecule has 2 atom stereocenters. The third-order valence-corrected chi connectivity index (χ3v) is 6.17. The molecule has 0 unspecified atom stereocenters. The topological polar surface area (TPSA) is 58.6 Å². The summed E-state index contributed by atoms with van der Waals surface area (Å²) in [5.41, 5.74) is 2.94. The van der Waals surface area contributed by atoms with E-state index >= 15 is 0 Å². The first-order chi connectivity index (χ1) is 15.2. The van der Waals surface area contributed by atoms with E-state index in [1.54, 1.807) is 18.2 Å². The molecule has 0 spiro atoms. The Morgan fingerprint density at radius 1 is 1.03 bits per heavy atom. The lowest BCUT2D eigenvalue weighted by Gasteiger charge is -2.31. The number of carbonyl (C=O) groups excluding carboxylic acids is 2. The van der Waals surface area contributed by atoms with Crippen LogP contribution in [0.4, 0.5) is 0 Å². The number of aryl methyl sites for hydroxylation is 2. The Kier molecular flexibility index (Phi) is 9.85. The molecule has 32 heavy (non-hydrogen) atoms. The number of nitrogens with zero attached hydrogens (tertiary/aromatic N) is 1. The van der Waals surface area contributed by atoms with Gasteiger partial charge in [-0.1, -0.05) is 49.2 Å². The summed E-state index contributed by atoms with van der Waals surface area (Å²) in [5.74, 6) is 0.134. The number of nitrogens with one attached hydrogen (secondary N) is 1. The Hall–Kier alpha value is -2.24. The van der Waals surface area contributed by atoms with Gasteiger partial charge >= 0.3 is 0 Å². The smallest absolute Gasteiger partial charge is 0.261 e. The monoisotopic (exact) mass is 478 g/mol. The maximum Gasteiger partial charge on any atom is 0.261 e. The molecule has 0 aliphatic carbocycles. The molecule has 0 saturated heterocycles. The van der Waals surface area contributed by atoms with Crippen LogP contribution in [-0.4, -0.2) is 35.4 Å². The van der Waals surface area contributed by atoms with Crippen molar-refractivity contribution in [1.82, 2.24) is 10.2 Å². The Bertz CT molecular complexity index is 949. The first-order valence-corrected chi connectivity index (χ1v) is 11.7. The van der Waals surface area contributed by atoms with Crippen molar-refractivity contribution >= 4 is 35.0 Å². The third-order valence-electron chi connectivity index (χ3n) is 5.58. The molecule has 2 aromatic carbocycles. The molecule has 0 saturated carbocycles. The molecule has 0 fully saturated rings. The van der Waals surface area contributed by atoms with Crippen LogP contribution >= 0.6 is 23.2 Å². The van der Waals surface area contributed by atoms with E-state index in [9.17, 15) is 9.59 Å². The van der Waals surface area contributed by atoms with E-state index in [0.29, 0.717) is 27.8 Å². The average molecular weight is 479 g/mol. The summed E-state index contributed by atoms with van der Waals surface area (Å²) in [6, 6.07) is 10.2. The van der Waals surface area contributed by atoms with Gasteiger partial charge in [0.15, 0.2) is 6.61 Å². The highest BCUT2D eigenvalue weighted by atomic mass is 35.5. The summed E-state index contributed by atoms with van der Waals surface area (Å²) in [5, 5.41) is 3.94. The normalized spacial score (nSPS) is 12.7. The number of hydrogen-bond donors (Lipinski definition) is 1. The fourth-order valence-electron chi connectivity index (χ4n) is 3.23. The van der Waals surface area contributed by atoms with Gasteiger partial charge in [0.1, 0.15) is 11.8 Å². The predicted molar refractivity (Wildman–Crippen MR) is 130 cm³/mol. The fourth-order valence-corrected chi connectivity index (χ4v) is 3.69. The first kappa shape index (κ1) is 26.0. The molecule has 0 radical (unpaired) electrons. The summed E-state index contributed by atoms with van der Waals surface area (Å²) in [7, 11) is 0. The molecule has 0 aromatic heterocycles. The standard InChI is InChI=1S/C25H32Cl2N2O3/c1-6-18(5)28-25(31)23(7-2)29(14-19-9-10-20(26)13-22(19)27)24(30)15-32-21-11-8-16(3)17(4)12-21/h8-13,18,23H,6-7,14-15H2,1-5H3,(H,28,31)/t18-,23-/m1/s1. The maximum absolute atomic E-state index is 13.3. The van der Waals surface area contributed by atoms with Crippen molar-refractivity contribution in [2.75, 3.05) is 6.61 Å². The van der Waals surface area contributed by atoms with Crippen molar-refractivity contribution in [3.05, 3.63) is 63.1 Å². The number of carbonyl (C=O) groups is 2. The molecule has 5 nitrogen and oxygen atoms in total. The summed E-state index contributed by atoms with van der Waals surface area (Å²) in [4.78, 5) is 27.8. The highest BCUT2D eigenvalue weighted by Gasteiger charge is 2.30. The van der Waals surface area contributed by atoms with Crippen LogP contribution in [0.1, 0.15) is 50.3 Å². The van der Waals surface area contributed by atoms with Gasteiger partial charge < -0.3 is 15.0 Å². The summed E-state index contributed by atoms with van der Waals surface area (Å²) in [6.45, 7) is 9.83. The van der Waals surface area contributed by atoms with Crippen molar-refractivity contribution in [2.24, 2.45) is 0 Å². The Labute approximate surface area is 201 Å². The van der Waals surface area contributed by atoms with Gasteiger partial charge in [0.05, 0.1) is 0 Å². The van der Waals surface area contributed by atoms with Crippen LogP contribution in [0.25, 0.3) is 0 Å². The lowest BCUT2D eigenvalue weighted by molar-refractivity contribution is -0.143. The third kappa shape index (κ3) is 7.14. The van der Waals surface area contributed by atoms with Gasteiger partial charge in [0.25, 0.3) is 5.91 Å². The maximum atomic E-state index is 13.3. The fraction of sp³-hybridized carbons (Fsp3) is 0.440. The zero-order chi connectivity index (χ0) is 23.8. The molecule has 2 amide bonds. The van der Waals surface area contributed by atoms with Gasteiger partial charge in [-0.25, -0.2) is 0 Å². The van der Waals surface area contributed by atoms with Crippen LogP contribution < -0.4 is 10.1 Å². The minimum Gasteiger partial charge on any atom is -0.484 e. The molecule has 7 heteroatoms. The average Bonchev–Trinajstić information content (AvgIpc) is 2.75. The number of amides is 2. The van der Waals surface area contributed by atoms with E-state index in [1.807, 2.05) is 52.8 Å². The SMILES string of the molecule is CC[C@@H](C)NC(=O)[C@@H](CC)N(Cc1ccc(Cl)cc1Cl)C(=O)COc1ccc(C)c(C)c1. The second kappa shape index (κ2) is 12.1. The lowest BCUT2D eigenvalue weighted by Crippen LogP contribution is -2.51. The Balaban J connectivity index is 2.26. The molecule has 2 rings (SSSR count). The van der Waals surface area contributed by atoms with Gasteiger partial charge in [0, 0.05) is 22.6 Å². The van der Waals surface area contributed by atoms with Gasteiger partial charge in [-0.15, -0.1) is 0 Å². The van der Waals surface area contributed by atoms with E-state index in [1.165, 1.54) is 4.90 Å². The summed E-state index contributed by atoms with van der Waals surface area (Å²) >= 11 is 12.4. The number of benzene rings is 2. The zero-order valence-electron chi connectivity index (χ0n) is 19.4. The number of rotatable bonds is 10. The number of ether oxygens (including phenoxy) is 1. The van der Waals surface area contributed by atoms with E-state index in [2.05, 4.69) is 5.32 Å². The van der Waals surface area contributed by atoms with Crippen LogP contribution in [0.5, 0.6) is 5.75 Å². The van der Waals surface area contributed by atoms with E-state index in [0.717, 1.165) is 17.5 Å². The van der Waals surface area contributed by atoms with Crippen molar-refractivity contribution < 1.29 is 14.3 Å². The molecule has 174 valence electrons. The van der Waals surface area contributed by atoms with Gasteiger partial charge in [-0.2, -0.15) is 0 Å². The molecule has 2 aromatic rings. The molecule has 0 bridgehead atoms. The van der Waals surface area contributed by atoms with E-state index in [4.69, 9.17) is 27.9 Å². The van der Waals surface area contributed by atoms with Crippen molar-refractivity contribution in [1.29, 1.82) is 0 Å². The molecule has 1 N–H and O–H groups in total. The highest BCUT2D eigenvalue weighted by molar-refractivity contribution is 6.35. The number of halogens is 2. The predicted octanol–water partition coefficient (Wildman–Crippen LogP) is 5.71. The van der Waals surface area contributed by atoms with Gasteiger partial charge in [-0.3, -0.25) is 9.59 Å². The lowest BCUT2D eigenvalue weighted by atomic mass is 10.1. The second-order valence-corrected chi connectivity index (χ2v) is 8.88. The zero-order valence-corrected chi connectivity index (χ0v) is 20.9. The van der Waals surface area contributed by atoms with Crippen LogP contribution in [0.2, 0.25) is 10.0 Å². The van der Waals surface area contributed by atoms with Crippen LogP contribution in [0.3, 0.4) is 0 Å². The minimum absolute atomic E-state index is 0.0133. The van der Waals surface area contributed by atoms with Crippen molar-refractivity contribution in [2.45, 2.75) is 66.1 Å². The number of hydrogen-bond acceptors (Lipinski definition) is 3. The first-order valence-electron chi connectivity index (χ1n) is 10.9. The molecule has 0 aliphatic rings. The highest BCUT2D eigenvalue weighted by Crippen LogP contribution is 2.24. The van der Waals surface area contributed by atoms with Gasteiger partial charge in [0.2, 0.25) is 5.91 Å². The largest absolute Gasteiger partial charge is 0.484 e. The molecular weight excluding hydrogens is 447 g/mol. The summed E-state index contributed by atoms with van der Waals surface area (Å²) < 4.78 is 5.77. The molecule has 0 aliphatic heterocycles. The molecule has 0 heterocycles.